The maximum absolute atomic E-state index is 11.8. The summed E-state index contributed by atoms with van der Waals surface area (Å²) in [6, 6.07) is 7.09. The Morgan fingerprint density at radius 2 is 2.14 bits per heavy atom. The maximum atomic E-state index is 11.8. The minimum Gasteiger partial charge on any atom is -0.423 e. The summed E-state index contributed by atoms with van der Waals surface area (Å²) in [5.74, 6) is 0. The molecular formula is C15H15N5O2. The van der Waals surface area contributed by atoms with Gasteiger partial charge in [0.1, 0.15) is 6.33 Å². The van der Waals surface area contributed by atoms with E-state index in [0.29, 0.717) is 28.0 Å². The highest BCUT2D eigenvalue weighted by molar-refractivity contribution is 5.90. The number of pyridine rings is 2. The Hall–Kier alpha value is -2.96. The van der Waals surface area contributed by atoms with Crippen LogP contribution in [-0.2, 0) is 6.42 Å². The first kappa shape index (κ1) is 14.0. The number of fused-ring (bicyclic) bond motifs is 1. The topological polar surface area (TPSA) is 92.9 Å². The Labute approximate surface area is 126 Å². The Balaban J connectivity index is 1.90. The fourth-order valence-electron chi connectivity index (χ4n) is 2.31. The highest BCUT2D eigenvalue weighted by Gasteiger charge is 2.12. The second kappa shape index (κ2) is 5.80. The lowest BCUT2D eigenvalue weighted by Gasteiger charge is -2.11. The van der Waals surface area contributed by atoms with E-state index >= 15 is 0 Å². The third kappa shape index (κ3) is 2.60. The van der Waals surface area contributed by atoms with E-state index in [1.807, 2.05) is 18.2 Å². The van der Waals surface area contributed by atoms with Crippen molar-refractivity contribution in [2.75, 3.05) is 11.9 Å². The van der Waals surface area contributed by atoms with Crippen molar-refractivity contribution in [3.05, 3.63) is 58.5 Å². The number of nitrogens with zero attached hydrogens (tertiary/aromatic N) is 4. The van der Waals surface area contributed by atoms with Crippen molar-refractivity contribution >= 4 is 16.7 Å². The van der Waals surface area contributed by atoms with E-state index in [-0.39, 0.29) is 5.65 Å². The molecule has 0 spiro atoms. The SMILES string of the molecule is Cc1ncnc2c1c(NCCc1ccccn1)cc(=O)n2O. The van der Waals surface area contributed by atoms with Gasteiger partial charge in [-0.15, -0.1) is 4.73 Å². The standard InChI is InChI=1S/C15H15N5O2/c1-10-14-12(17-7-5-11-4-2-3-6-16-11)8-13(21)20(22)15(14)19-9-18-10/h2-4,6,8-9,17,22H,5,7H2,1H3. The average molecular weight is 297 g/mol. The Morgan fingerprint density at radius 1 is 1.27 bits per heavy atom. The molecule has 0 saturated heterocycles. The summed E-state index contributed by atoms with van der Waals surface area (Å²) in [5, 5.41) is 13.6. The maximum Gasteiger partial charge on any atom is 0.286 e. The zero-order chi connectivity index (χ0) is 15.5. The van der Waals surface area contributed by atoms with Crippen LogP contribution in [0.2, 0.25) is 0 Å². The third-order valence-electron chi connectivity index (χ3n) is 3.39. The highest BCUT2D eigenvalue weighted by atomic mass is 16.5. The lowest BCUT2D eigenvalue weighted by atomic mass is 10.2. The average Bonchev–Trinajstić information content (AvgIpc) is 2.53. The van der Waals surface area contributed by atoms with Crippen molar-refractivity contribution in [3.63, 3.8) is 0 Å². The van der Waals surface area contributed by atoms with Crippen LogP contribution in [0.5, 0.6) is 0 Å². The molecule has 3 aromatic heterocycles. The number of hydrogen-bond donors (Lipinski definition) is 2. The van der Waals surface area contributed by atoms with Gasteiger partial charge in [0.2, 0.25) is 0 Å². The normalized spacial score (nSPS) is 10.8. The molecule has 2 N–H and O–H groups in total. The quantitative estimate of drug-likeness (QED) is 0.707. The summed E-state index contributed by atoms with van der Waals surface area (Å²) in [5.41, 5.74) is 1.92. The Morgan fingerprint density at radius 3 is 2.91 bits per heavy atom. The van der Waals surface area contributed by atoms with Gasteiger partial charge in [-0.25, -0.2) is 9.97 Å². The lowest BCUT2D eigenvalue weighted by Crippen LogP contribution is -2.20. The zero-order valence-electron chi connectivity index (χ0n) is 12.0. The first-order chi connectivity index (χ1) is 10.7. The van der Waals surface area contributed by atoms with Crippen molar-refractivity contribution < 1.29 is 5.21 Å². The molecular weight excluding hydrogens is 282 g/mol. The first-order valence-corrected chi connectivity index (χ1v) is 6.87. The summed E-state index contributed by atoms with van der Waals surface area (Å²) in [6.45, 7) is 2.41. The van der Waals surface area contributed by atoms with Crippen LogP contribution in [0.15, 0.2) is 41.6 Å². The van der Waals surface area contributed by atoms with E-state index in [1.165, 1.54) is 12.4 Å². The van der Waals surface area contributed by atoms with Crippen LogP contribution in [0, 0.1) is 6.92 Å². The van der Waals surface area contributed by atoms with Gasteiger partial charge in [-0.05, 0) is 19.1 Å². The summed E-state index contributed by atoms with van der Waals surface area (Å²) in [6.07, 6.45) is 3.79. The molecule has 7 nitrogen and oxygen atoms in total. The molecule has 0 aliphatic rings. The van der Waals surface area contributed by atoms with E-state index in [2.05, 4.69) is 20.3 Å². The number of aromatic nitrogens is 4. The zero-order valence-corrected chi connectivity index (χ0v) is 12.0. The van der Waals surface area contributed by atoms with E-state index in [9.17, 15) is 10.0 Å². The van der Waals surface area contributed by atoms with Gasteiger partial charge in [-0.2, -0.15) is 0 Å². The first-order valence-electron chi connectivity index (χ1n) is 6.87. The summed E-state index contributed by atoms with van der Waals surface area (Å²) in [7, 11) is 0. The van der Waals surface area contributed by atoms with Crippen LogP contribution >= 0.6 is 0 Å². The molecule has 7 heteroatoms. The molecule has 0 atom stereocenters. The van der Waals surface area contributed by atoms with E-state index in [1.54, 1.807) is 13.1 Å². The van der Waals surface area contributed by atoms with Crippen molar-refractivity contribution in [3.8, 4) is 0 Å². The lowest BCUT2D eigenvalue weighted by molar-refractivity contribution is 0.186. The van der Waals surface area contributed by atoms with Crippen LogP contribution in [0.1, 0.15) is 11.4 Å². The number of aryl methyl sites for hydroxylation is 1. The molecule has 0 amide bonds. The van der Waals surface area contributed by atoms with Crippen LogP contribution < -0.4 is 10.9 Å². The molecule has 0 fully saturated rings. The predicted octanol–water partition coefficient (Wildman–Crippen LogP) is 1.39. The summed E-state index contributed by atoms with van der Waals surface area (Å²) < 4.78 is 0.536. The predicted molar refractivity (Wildman–Crippen MR) is 82.2 cm³/mol. The second-order valence-electron chi connectivity index (χ2n) is 4.86. The van der Waals surface area contributed by atoms with Crippen LogP contribution in [0.4, 0.5) is 5.69 Å². The van der Waals surface area contributed by atoms with Crippen molar-refractivity contribution in [2.45, 2.75) is 13.3 Å². The molecule has 0 unspecified atom stereocenters. The van der Waals surface area contributed by atoms with Gasteiger partial charge in [0.15, 0.2) is 5.65 Å². The Bertz CT molecular complexity index is 861. The minimum atomic E-state index is -0.536. The molecule has 0 aliphatic carbocycles. The van der Waals surface area contributed by atoms with Crippen molar-refractivity contribution in [2.24, 2.45) is 0 Å². The van der Waals surface area contributed by atoms with Crippen LogP contribution in [-0.4, -0.2) is 31.4 Å². The monoisotopic (exact) mass is 297 g/mol. The van der Waals surface area contributed by atoms with Gasteiger partial charge >= 0.3 is 0 Å². The van der Waals surface area contributed by atoms with Gasteiger partial charge in [0.05, 0.1) is 16.8 Å². The number of rotatable bonds is 4. The van der Waals surface area contributed by atoms with Crippen molar-refractivity contribution in [1.82, 2.24) is 19.7 Å². The van der Waals surface area contributed by atoms with Crippen LogP contribution in [0.25, 0.3) is 11.0 Å². The van der Waals surface area contributed by atoms with Crippen LogP contribution in [0.3, 0.4) is 0 Å². The largest absolute Gasteiger partial charge is 0.423 e. The minimum absolute atomic E-state index is 0.195. The number of nitrogens with one attached hydrogen (secondary N) is 1. The molecule has 3 rings (SSSR count). The van der Waals surface area contributed by atoms with Gasteiger partial charge < -0.3 is 10.5 Å². The Kier molecular flexibility index (Phi) is 3.69. The smallest absolute Gasteiger partial charge is 0.286 e. The highest BCUT2D eigenvalue weighted by Crippen LogP contribution is 2.21. The molecule has 0 saturated carbocycles. The van der Waals surface area contributed by atoms with Gasteiger partial charge in [-0.1, -0.05) is 6.07 Å². The molecule has 0 aliphatic heterocycles. The molecule has 22 heavy (non-hydrogen) atoms. The number of hydrogen-bond acceptors (Lipinski definition) is 6. The van der Waals surface area contributed by atoms with E-state index < -0.39 is 5.56 Å². The third-order valence-corrected chi connectivity index (χ3v) is 3.39. The number of anilines is 1. The molecule has 112 valence electrons. The van der Waals surface area contributed by atoms with Crippen molar-refractivity contribution in [1.29, 1.82) is 0 Å². The molecule has 0 aromatic carbocycles. The molecule has 0 radical (unpaired) electrons. The second-order valence-corrected chi connectivity index (χ2v) is 4.86. The van der Waals surface area contributed by atoms with Gasteiger partial charge in [0.25, 0.3) is 5.56 Å². The molecule has 3 aromatic rings. The molecule has 3 heterocycles. The fourth-order valence-corrected chi connectivity index (χ4v) is 2.31. The summed E-state index contributed by atoms with van der Waals surface area (Å²) >= 11 is 0. The summed E-state index contributed by atoms with van der Waals surface area (Å²) in [4.78, 5) is 24.1. The van der Waals surface area contributed by atoms with Gasteiger partial charge in [0, 0.05) is 30.9 Å². The van der Waals surface area contributed by atoms with E-state index in [0.717, 1.165) is 12.1 Å². The van der Waals surface area contributed by atoms with Gasteiger partial charge in [-0.3, -0.25) is 9.78 Å². The fraction of sp³-hybridized carbons (Fsp3) is 0.200. The molecule has 0 bridgehead atoms. The van der Waals surface area contributed by atoms with E-state index in [4.69, 9.17) is 0 Å².